The Balaban J connectivity index is 0.00000196. The van der Waals surface area contributed by atoms with Crippen LogP contribution < -0.4 is 10.2 Å². The number of nitrogens with one attached hydrogen (secondary N) is 1. The number of halogens is 4. The average Bonchev–Trinajstić information content (AvgIpc) is 2.78. The van der Waals surface area contributed by atoms with Gasteiger partial charge in [-0.3, -0.25) is 4.79 Å². The first kappa shape index (κ1) is 25.2. The summed E-state index contributed by atoms with van der Waals surface area (Å²) in [7, 11) is 0. The summed E-state index contributed by atoms with van der Waals surface area (Å²) in [5, 5.41) is 2.25. The van der Waals surface area contributed by atoms with Gasteiger partial charge in [-0.2, -0.15) is 24.3 Å². The van der Waals surface area contributed by atoms with E-state index in [1.54, 1.807) is 18.2 Å². The summed E-state index contributed by atoms with van der Waals surface area (Å²) in [5.74, 6) is -4.43. The molecular weight excluding hydrogens is 466 g/mol. The Kier molecular flexibility index (Phi) is 9.76. The summed E-state index contributed by atoms with van der Waals surface area (Å²) in [4.78, 5) is 18.2. The van der Waals surface area contributed by atoms with E-state index in [0.717, 1.165) is 6.20 Å². The quantitative estimate of drug-likeness (QED) is 0.510. The van der Waals surface area contributed by atoms with Crippen LogP contribution in [-0.2, 0) is 0 Å². The molecule has 4 nitrogen and oxygen atoms in total. The SMILES string of the molecule is O=C(Nc1c[c-]ccc1)c1c(N2CCCC(F)(F)CC2)ncc(Cl)c1F.[CH3-].[Sr+2]. The van der Waals surface area contributed by atoms with Crippen LogP contribution in [0.25, 0.3) is 0 Å². The van der Waals surface area contributed by atoms with Crippen molar-refractivity contribution < 1.29 is 18.0 Å². The summed E-state index contributed by atoms with van der Waals surface area (Å²) in [6, 6.07) is 9.26. The minimum atomic E-state index is -2.78. The average molecular weight is 485 g/mol. The zero-order chi connectivity index (χ0) is 18.7. The molecule has 1 aliphatic rings. The molecule has 28 heavy (non-hydrogen) atoms. The molecule has 146 valence electrons. The molecule has 0 unspecified atom stereocenters. The van der Waals surface area contributed by atoms with Gasteiger partial charge in [0.1, 0.15) is 11.4 Å². The van der Waals surface area contributed by atoms with Gasteiger partial charge in [0.25, 0.3) is 5.91 Å². The molecule has 0 saturated carbocycles. The summed E-state index contributed by atoms with van der Waals surface area (Å²) in [6.07, 6.45) is 0.671. The Morgan fingerprint density at radius 3 is 2.75 bits per heavy atom. The molecule has 2 heterocycles. The molecule has 1 N–H and O–H groups in total. The number of rotatable bonds is 3. The van der Waals surface area contributed by atoms with E-state index in [2.05, 4.69) is 16.4 Å². The van der Waals surface area contributed by atoms with E-state index in [1.807, 2.05) is 0 Å². The second kappa shape index (κ2) is 10.8. The molecule has 9 heteroatoms. The van der Waals surface area contributed by atoms with Crippen LogP contribution in [-0.4, -0.2) is 75.4 Å². The van der Waals surface area contributed by atoms with Gasteiger partial charge in [-0.05, 0) is 6.42 Å². The predicted molar refractivity (Wildman–Crippen MR) is 106 cm³/mol. The molecule has 0 atom stereocenters. The van der Waals surface area contributed by atoms with Gasteiger partial charge in [-0.15, -0.1) is 6.07 Å². The fourth-order valence-electron chi connectivity index (χ4n) is 2.84. The Labute approximate surface area is 204 Å². The summed E-state index contributed by atoms with van der Waals surface area (Å²) in [6.45, 7) is 0.226. The molecule has 1 aliphatic heterocycles. The number of alkyl halides is 2. The topological polar surface area (TPSA) is 45.2 Å². The Morgan fingerprint density at radius 1 is 1.32 bits per heavy atom. The van der Waals surface area contributed by atoms with Crippen LogP contribution in [0.15, 0.2) is 30.5 Å². The maximum absolute atomic E-state index is 14.6. The number of anilines is 2. The molecule has 1 saturated heterocycles. The van der Waals surface area contributed by atoms with E-state index in [4.69, 9.17) is 11.6 Å². The fraction of sp³-hybridized carbons (Fsp3) is 0.316. The fourth-order valence-corrected chi connectivity index (χ4v) is 2.98. The number of benzene rings is 1. The van der Waals surface area contributed by atoms with Crippen molar-refractivity contribution in [3.8, 4) is 0 Å². The molecule has 2 aromatic rings. The minimum Gasteiger partial charge on any atom is -0.375 e. The van der Waals surface area contributed by atoms with Crippen molar-refractivity contribution in [1.29, 1.82) is 0 Å². The monoisotopic (exact) mass is 485 g/mol. The van der Waals surface area contributed by atoms with E-state index in [0.29, 0.717) is 5.69 Å². The minimum absolute atomic E-state index is 0. The molecule has 1 amide bonds. The molecule has 0 bridgehead atoms. The van der Waals surface area contributed by atoms with Gasteiger partial charge in [0, 0.05) is 25.9 Å². The first-order valence-electron chi connectivity index (χ1n) is 8.12. The zero-order valence-electron chi connectivity index (χ0n) is 15.4. The van der Waals surface area contributed by atoms with Gasteiger partial charge in [0.2, 0.25) is 5.92 Å². The van der Waals surface area contributed by atoms with Crippen molar-refractivity contribution in [2.45, 2.75) is 25.2 Å². The van der Waals surface area contributed by atoms with E-state index < -0.39 is 17.6 Å². The van der Waals surface area contributed by atoms with Crippen LogP contribution in [0.4, 0.5) is 24.7 Å². The van der Waals surface area contributed by atoms with Crippen LogP contribution in [0.5, 0.6) is 0 Å². The van der Waals surface area contributed by atoms with Crippen molar-refractivity contribution in [3.63, 3.8) is 0 Å². The molecule has 3 rings (SSSR count). The molecule has 0 spiro atoms. The first-order chi connectivity index (χ1) is 12.4. The number of hydrogen-bond acceptors (Lipinski definition) is 3. The Bertz CT molecular complexity index is 809. The smallest absolute Gasteiger partial charge is 0.375 e. The Morgan fingerprint density at radius 2 is 2.07 bits per heavy atom. The standard InChI is InChI=1S/C18H16ClF3N3O.CH3.Sr/c19-13-11-23-16(25-9-4-7-18(21,22)8-10-25)14(15(13)20)17(26)24-12-5-2-1-3-6-12;;/h1-2,5-6,11H,4,7-10H2,(H,24,26);1H3;/q2*-1;+2. The third kappa shape index (κ3) is 6.10. The molecule has 0 radical (unpaired) electrons. The van der Waals surface area contributed by atoms with Gasteiger partial charge in [-0.1, -0.05) is 17.3 Å². The zero-order valence-corrected chi connectivity index (χ0v) is 19.7. The van der Waals surface area contributed by atoms with Crippen LogP contribution >= 0.6 is 11.6 Å². The van der Waals surface area contributed by atoms with Crippen molar-refractivity contribution >= 4 is 74.5 Å². The van der Waals surface area contributed by atoms with Crippen LogP contribution in [0, 0.1) is 19.3 Å². The molecular formula is C19H19ClF3N3OSr. The van der Waals surface area contributed by atoms with Gasteiger partial charge >= 0.3 is 45.5 Å². The molecule has 0 aliphatic carbocycles. The molecule has 1 aromatic heterocycles. The number of nitrogens with zero attached hydrogens (tertiary/aromatic N) is 2. The van der Waals surface area contributed by atoms with Crippen LogP contribution in [0.3, 0.4) is 0 Å². The number of carbonyl (C=O) groups is 1. The van der Waals surface area contributed by atoms with Gasteiger partial charge in [0.15, 0.2) is 5.82 Å². The van der Waals surface area contributed by atoms with E-state index in [-0.39, 0.29) is 102 Å². The first-order valence-corrected chi connectivity index (χ1v) is 8.49. The molecule has 1 fully saturated rings. The summed E-state index contributed by atoms with van der Waals surface area (Å²) < 4.78 is 41.8. The summed E-state index contributed by atoms with van der Waals surface area (Å²) in [5.41, 5.74) is 0.0665. The van der Waals surface area contributed by atoms with Crippen molar-refractivity contribution in [1.82, 2.24) is 4.98 Å². The number of amides is 1. The van der Waals surface area contributed by atoms with Gasteiger partial charge in [-0.25, -0.2) is 18.2 Å². The summed E-state index contributed by atoms with van der Waals surface area (Å²) >= 11 is 5.79. The molecule has 1 aromatic carbocycles. The van der Waals surface area contributed by atoms with E-state index in [9.17, 15) is 18.0 Å². The van der Waals surface area contributed by atoms with Gasteiger partial charge < -0.3 is 17.6 Å². The van der Waals surface area contributed by atoms with E-state index in [1.165, 1.54) is 11.0 Å². The van der Waals surface area contributed by atoms with Crippen LogP contribution in [0.1, 0.15) is 29.6 Å². The van der Waals surface area contributed by atoms with E-state index >= 15 is 0 Å². The second-order valence-electron chi connectivity index (χ2n) is 6.06. The largest absolute Gasteiger partial charge is 2.00 e. The maximum Gasteiger partial charge on any atom is 2.00 e. The number of carbonyl (C=O) groups excluding carboxylic acids is 1. The van der Waals surface area contributed by atoms with Crippen molar-refractivity contribution in [3.05, 3.63) is 60.4 Å². The Hall–Kier alpha value is -0.799. The van der Waals surface area contributed by atoms with Gasteiger partial charge in [0.05, 0.1) is 11.2 Å². The second-order valence-corrected chi connectivity index (χ2v) is 6.47. The number of pyridine rings is 1. The number of hydrogen-bond donors (Lipinski definition) is 1. The van der Waals surface area contributed by atoms with Crippen molar-refractivity contribution in [2.24, 2.45) is 0 Å². The third-order valence-electron chi connectivity index (χ3n) is 4.16. The predicted octanol–water partition coefficient (Wildman–Crippen LogP) is 4.62. The normalized spacial score (nSPS) is 15.6. The third-order valence-corrected chi connectivity index (χ3v) is 4.43. The maximum atomic E-state index is 14.6. The van der Waals surface area contributed by atoms with Crippen molar-refractivity contribution in [2.75, 3.05) is 23.3 Å². The number of aromatic nitrogens is 1. The van der Waals surface area contributed by atoms with Crippen LogP contribution in [0.2, 0.25) is 5.02 Å².